The lowest BCUT2D eigenvalue weighted by molar-refractivity contribution is -0.115. The van der Waals surface area contributed by atoms with E-state index in [1.165, 1.54) is 0 Å². The Morgan fingerprint density at radius 2 is 1.57 bits per heavy atom. The molecule has 122 valence electrons. The van der Waals surface area contributed by atoms with Gasteiger partial charge >= 0.3 is 0 Å². The van der Waals surface area contributed by atoms with Crippen LogP contribution in [0, 0.1) is 6.92 Å². The summed E-state index contributed by atoms with van der Waals surface area (Å²) in [6.07, 6.45) is 0.205. The molecule has 1 N–H and O–H groups in total. The minimum atomic E-state index is -0.168. The van der Waals surface area contributed by atoms with Crippen molar-refractivity contribution < 1.29 is 14.3 Å². The Bertz CT molecular complexity index is 712. The van der Waals surface area contributed by atoms with Crippen LogP contribution >= 0.6 is 23.2 Å². The maximum Gasteiger partial charge on any atom is 0.228 e. The number of halogens is 2. The summed E-state index contributed by atoms with van der Waals surface area (Å²) >= 11 is 11.9. The molecule has 1 amide bonds. The fourth-order valence-electron chi connectivity index (χ4n) is 2.22. The van der Waals surface area contributed by atoms with Crippen molar-refractivity contribution in [3.8, 4) is 11.5 Å². The fraction of sp³-hybridized carbons (Fsp3) is 0.235. The molecule has 0 unspecified atom stereocenters. The normalized spacial score (nSPS) is 10.3. The number of hydrogen-bond donors (Lipinski definition) is 1. The molecule has 2 rings (SSSR count). The van der Waals surface area contributed by atoms with E-state index >= 15 is 0 Å². The van der Waals surface area contributed by atoms with Gasteiger partial charge in [0.25, 0.3) is 0 Å². The third-order valence-electron chi connectivity index (χ3n) is 3.34. The molecule has 4 nitrogen and oxygen atoms in total. The molecule has 0 aromatic heterocycles. The zero-order chi connectivity index (χ0) is 17.0. The number of ether oxygens (including phenoxy) is 2. The van der Waals surface area contributed by atoms with Crippen molar-refractivity contribution in [2.75, 3.05) is 19.5 Å². The molecule has 0 aliphatic rings. The lowest BCUT2D eigenvalue weighted by Crippen LogP contribution is -2.15. The molecule has 0 fully saturated rings. The van der Waals surface area contributed by atoms with Crippen LogP contribution < -0.4 is 14.8 Å². The zero-order valence-corrected chi connectivity index (χ0v) is 14.6. The van der Waals surface area contributed by atoms with Gasteiger partial charge in [-0.3, -0.25) is 4.79 Å². The molecule has 0 bridgehead atoms. The quantitative estimate of drug-likeness (QED) is 0.860. The number of methoxy groups -OCH3 is 2. The minimum Gasteiger partial charge on any atom is -0.493 e. The number of anilines is 1. The molecule has 23 heavy (non-hydrogen) atoms. The van der Waals surface area contributed by atoms with Crippen LogP contribution in [0.2, 0.25) is 10.0 Å². The fourth-order valence-corrected chi connectivity index (χ4v) is 2.74. The summed E-state index contributed by atoms with van der Waals surface area (Å²) in [7, 11) is 3.14. The third kappa shape index (κ3) is 4.53. The number of rotatable bonds is 5. The highest BCUT2D eigenvalue weighted by Crippen LogP contribution is 2.30. The van der Waals surface area contributed by atoms with Gasteiger partial charge in [-0.2, -0.15) is 0 Å². The predicted octanol–water partition coefficient (Wildman–Crippen LogP) is 4.50. The number of nitrogens with one attached hydrogen (secondary N) is 1. The van der Waals surface area contributed by atoms with Crippen molar-refractivity contribution in [2.45, 2.75) is 13.3 Å². The van der Waals surface area contributed by atoms with Crippen molar-refractivity contribution in [2.24, 2.45) is 0 Å². The Balaban J connectivity index is 2.16. The predicted molar refractivity (Wildman–Crippen MR) is 93.1 cm³/mol. The van der Waals surface area contributed by atoms with Gasteiger partial charge in [-0.25, -0.2) is 0 Å². The van der Waals surface area contributed by atoms with E-state index in [4.69, 9.17) is 32.7 Å². The first-order valence-corrected chi connectivity index (χ1v) is 7.66. The number of carbonyl (C=O) groups is 1. The van der Waals surface area contributed by atoms with E-state index in [9.17, 15) is 4.79 Å². The number of hydrogen-bond acceptors (Lipinski definition) is 3. The Morgan fingerprint density at radius 3 is 2.13 bits per heavy atom. The largest absolute Gasteiger partial charge is 0.493 e. The Morgan fingerprint density at radius 1 is 1.00 bits per heavy atom. The molecular formula is C17H17Cl2NO3. The van der Waals surface area contributed by atoms with E-state index in [-0.39, 0.29) is 12.3 Å². The number of aryl methyl sites for hydroxylation is 1. The van der Waals surface area contributed by atoms with Crippen LogP contribution in [0.25, 0.3) is 0 Å². The second kappa shape index (κ2) is 7.57. The van der Waals surface area contributed by atoms with Crippen LogP contribution in [0.3, 0.4) is 0 Å². The maximum atomic E-state index is 12.2. The number of benzene rings is 2. The van der Waals surface area contributed by atoms with Crippen LogP contribution in [-0.4, -0.2) is 20.1 Å². The summed E-state index contributed by atoms with van der Waals surface area (Å²) in [4.78, 5) is 12.2. The van der Waals surface area contributed by atoms with Gasteiger partial charge in [0, 0.05) is 15.7 Å². The summed E-state index contributed by atoms with van der Waals surface area (Å²) < 4.78 is 10.5. The maximum absolute atomic E-state index is 12.2. The lowest BCUT2D eigenvalue weighted by atomic mass is 10.0. The smallest absolute Gasteiger partial charge is 0.228 e. The Labute approximate surface area is 145 Å². The van der Waals surface area contributed by atoms with Crippen LogP contribution in [0.1, 0.15) is 11.1 Å². The first kappa shape index (κ1) is 17.4. The standard InChI is InChI=1S/C17H17Cl2NO3/c1-10-4-15(22-2)16(23-3)5-11(10)6-17(21)20-14-8-12(18)7-13(19)9-14/h4-5,7-9H,6H2,1-3H3,(H,20,21). The SMILES string of the molecule is COc1cc(C)c(CC(=O)Nc2cc(Cl)cc(Cl)c2)cc1OC. The lowest BCUT2D eigenvalue weighted by Gasteiger charge is -2.13. The van der Waals surface area contributed by atoms with Crippen molar-refractivity contribution in [3.05, 3.63) is 51.5 Å². The van der Waals surface area contributed by atoms with Gasteiger partial charge in [-0.1, -0.05) is 23.2 Å². The average molecular weight is 354 g/mol. The average Bonchev–Trinajstić information content (AvgIpc) is 2.47. The van der Waals surface area contributed by atoms with Gasteiger partial charge in [0.1, 0.15) is 0 Å². The number of carbonyl (C=O) groups excluding carboxylic acids is 1. The van der Waals surface area contributed by atoms with Gasteiger partial charge in [0.05, 0.1) is 20.6 Å². The second-order valence-corrected chi connectivity index (χ2v) is 5.89. The summed E-state index contributed by atoms with van der Waals surface area (Å²) in [6.45, 7) is 1.92. The Kier molecular flexibility index (Phi) is 5.74. The third-order valence-corrected chi connectivity index (χ3v) is 3.78. The molecule has 0 saturated heterocycles. The zero-order valence-electron chi connectivity index (χ0n) is 13.1. The van der Waals surface area contributed by atoms with E-state index in [1.807, 2.05) is 13.0 Å². The van der Waals surface area contributed by atoms with Crippen LogP contribution in [-0.2, 0) is 11.2 Å². The van der Waals surface area contributed by atoms with Crippen molar-refractivity contribution >= 4 is 34.8 Å². The summed E-state index contributed by atoms with van der Waals surface area (Å²) in [6, 6.07) is 8.55. The van der Waals surface area contributed by atoms with Gasteiger partial charge in [0.15, 0.2) is 11.5 Å². The van der Waals surface area contributed by atoms with Gasteiger partial charge in [-0.15, -0.1) is 0 Å². The molecule has 0 heterocycles. The molecule has 0 saturated carbocycles. The Hall–Kier alpha value is -1.91. The van der Waals surface area contributed by atoms with Crippen molar-refractivity contribution in [1.82, 2.24) is 0 Å². The van der Waals surface area contributed by atoms with E-state index in [2.05, 4.69) is 5.32 Å². The molecule has 0 atom stereocenters. The monoisotopic (exact) mass is 353 g/mol. The van der Waals surface area contributed by atoms with Crippen LogP contribution in [0.4, 0.5) is 5.69 Å². The van der Waals surface area contributed by atoms with E-state index < -0.39 is 0 Å². The van der Waals surface area contributed by atoms with Gasteiger partial charge in [-0.05, 0) is 48.4 Å². The van der Waals surface area contributed by atoms with Crippen LogP contribution in [0.5, 0.6) is 11.5 Å². The van der Waals surface area contributed by atoms with Crippen LogP contribution in [0.15, 0.2) is 30.3 Å². The molecule has 0 radical (unpaired) electrons. The second-order valence-electron chi connectivity index (χ2n) is 5.02. The molecule has 0 aliphatic carbocycles. The summed E-state index contributed by atoms with van der Waals surface area (Å²) in [5.41, 5.74) is 2.36. The first-order chi connectivity index (χ1) is 10.9. The highest BCUT2D eigenvalue weighted by molar-refractivity contribution is 6.35. The summed E-state index contributed by atoms with van der Waals surface area (Å²) in [5.74, 6) is 1.06. The van der Waals surface area contributed by atoms with Crippen molar-refractivity contribution in [3.63, 3.8) is 0 Å². The van der Waals surface area contributed by atoms with E-state index in [0.717, 1.165) is 11.1 Å². The molecule has 0 aliphatic heterocycles. The van der Waals surface area contributed by atoms with Gasteiger partial charge < -0.3 is 14.8 Å². The molecule has 2 aromatic carbocycles. The van der Waals surface area contributed by atoms with E-state index in [1.54, 1.807) is 38.5 Å². The van der Waals surface area contributed by atoms with E-state index in [0.29, 0.717) is 27.2 Å². The molecule has 2 aromatic rings. The highest BCUT2D eigenvalue weighted by Gasteiger charge is 2.12. The molecule has 0 spiro atoms. The number of amides is 1. The molecule has 6 heteroatoms. The minimum absolute atomic E-state index is 0.168. The molecular weight excluding hydrogens is 337 g/mol. The van der Waals surface area contributed by atoms with Gasteiger partial charge in [0.2, 0.25) is 5.91 Å². The summed E-state index contributed by atoms with van der Waals surface area (Å²) in [5, 5.41) is 3.72. The topological polar surface area (TPSA) is 47.6 Å². The van der Waals surface area contributed by atoms with Crippen molar-refractivity contribution in [1.29, 1.82) is 0 Å². The first-order valence-electron chi connectivity index (χ1n) is 6.90. The highest BCUT2D eigenvalue weighted by atomic mass is 35.5.